The molecule has 0 aliphatic rings. The molecule has 5 aromatic carbocycles. The quantitative estimate of drug-likeness (QED) is 0.0495. The molecule has 5 heteroatoms. The summed E-state index contributed by atoms with van der Waals surface area (Å²) in [5.41, 5.74) is 2.91. The van der Waals surface area contributed by atoms with Gasteiger partial charge < -0.3 is 19.1 Å². The third-order valence-corrected chi connectivity index (χ3v) is 14.7. The van der Waals surface area contributed by atoms with Crippen molar-refractivity contribution in [3.05, 3.63) is 151 Å². The van der Waals surface area contributed by atoms with Gasteiger partial charge in [-0.2, -0.15) is 0 Å². The molecule has 0 spiro atoms. The van der Waals surface area contributed by atoms with Crippen molar-refractivity contribution in [1.29, 1.82) is 0 Å². The maximum atomic E-state index is 6.18. The number of unbranched alkanes of at least 4 members (excludes halogenated alkanes) is 3. The third kappa shape index (κ3) is 12.0. The molecule has 5 aromatic rings. The molecule has 0 bridgehead atoms. The highest BCUT2D eigenvalue weighted by atomic mass is 31.2. The lowest BCUT2D eigenvalue weighted by Crippen LogP contribution is -2.32. The molecule has 0 unspecified atom stereocenters. The van der Waals surface area contributed by atoms with Gasteiger partial charge in [-0.25, -0.2) is 0 Å². The fraction of sp³-hybridized carbons (Fsp3) is 0.375. The van der Waals surface area contributed by atoms with Crippen LogP contribution < -0.4 is 25.4 Å². The van der Waals surface area contributed by atoms with Gasteiger partial charge in [-0.1, -0.05) is 119 Å². The van der Waals surface area contributed by atoms with E-state index in [0.29, 0.717) is 26.4 Å². The van der Waals surface area contributed by atoms with Crippen molar-refractivity contribution >= 4 is 23.2 Å². The number of benzene rings is 5. The number of hydrogen-bond donors (Lipinski definition) is 0. The molecule has 0 aliphatic heterocycles. The molecule has 0 atom stereocenters. The molecule has 280 valence electrons. The molecular weight excluding hydrogens is 670 g/mol. The Balaban J connectivity index is 1.00. The first kappa shape index (κ1) is 40.2. The van der Waals surface area contributed by atoms with Crippen molar-refractivity contribution in [1.82, 2.24) is 4.90 Å². The number of rotatable bonds is 23. The van der Waals surface area contributed by atoms with Crippen LogP contribution in [0.15, 0.2) is 140 Å². The molecule has 5 rings (SSSR count). The summed E-state index contributed by atoms with van der Waals surface area (Å²) in [7, 11) is 0.233. The summed E-state index contributed by atoms with van der Waals surface area (Å²) in [5.74, 6) is 1.84. The van der Waals surface area contributed by atoms with Gasteiger partial charge in [0.05, 0.1) is 26.0 Å². The summed E-state index contributed by atoms with van der Waals surface area (Å²) in [6, 6.07) is 50.6. The second-order valence-electron chi connectivity index (χ2n) is 14.8. The molecule has 0 N–H and O–H groups in total. The maximum absolute atomic E-state index is 6.18. The minimum Gasteiger partial charge on any atom is -0.494 e. The first-order valence-corrected chi connectivity index (χ1v) is 21.6. The normalized spacial score (nSPS) is 11.9. The predicted molar refractivity (Wildman–Crippen MR) is 227 cm³/mol. The highest BCUT2D eigenvalue weighted by Gasteiger charge is 2.45. The van der Waals surface area contributed by atoms with Gasteiger partial charge >= 0.3 is 0 Å². The number of nitrogens with zero attached hydrogens (tertiary/aromatic N) is 1. The lowest BCUT2D eigenvalue weighted by molar-refractivity contribution is 0.0844. The van der Waals surface area contributed by atoms with Gasteiger partial charge in [-0.15, -0.1) is 0 Å². The van der Waals surface area contributed by atoms with Crippen LogP contribution in [-0.4, -0.2) is 51.5 Å². The Morgan fingerprint density at radius 2 is 1.06 bits per heavy atom. The molecule has 0 amide bonds. The standard InChI is InChI=1S/C48H61NO3P/c1-5-6-16-33-48(2,3)42-27-31-44(32-28-42)52-39-38-50-37-35-49(4)34-17-18-36-51-43-29-25-41(26-30-43)40-53(45-19-10-7-11-20-45,46-21-12-8-13-22-46)47-23-14-9-15-24-47/h7-15,19-32H,5-6,16-18,33-40H2,1-4H3/q+1. The first-order chi connectivity index (χ1) is 25.9. The molecule has 4 nitrogen and oxygen atoms in total. The smallest absolute Gasteiger partial charge is 0.119 e. The zero-order chi connectivity index (χ0) is 37.2. The Labute approximate surface area is 320 Å². The van der Waals surface area contributed by atoms with E-state index in [2.05, 4.69) is 172 Å². The topological polar surface area (TPSA) is 30.9 Å². The van der Waals surface area contributed by atoms with Crippen molar-refractivity contribution in [2.75, 3.05) is 46.6 Å². The van der Waals surface area contributed by atoms with Crippen molar-refractivity contribution < 1.29 is 14.2 Å². The van der Waals surface area contributed by atoms with E-state index < -0.39 is 7.26 Å². The lowest BCUT2D eigenvalue weighted by Gasteiger charge is -2.28. The predicted octanol–water partition coefficient (Wildman–Crippen LogP) is 10.2. The lowest BCUT2D eigenvalue weighted by atomic mass is 9.80. The van der Waals surface area contributed by atoms with Crippen LogP contribution in [0.1, 0.15) is 70.4 Å². The average Bonchev–Trinajstić information content (AvgIpc) is 3.20. The summed E-state index contributed by atoms with van der Waals surface area (Å²) in [5, 5.41) is 4.20. The molecule has 0 saturated carbocycles. The summed E-state index contributed by atoms with van der Waals surface area (Å²) < 4.78 is 18.0. The highest BCUT2D eigenvalue weighted by molar-refractivity contribution is 7.95. The van der Waals surface area contributed by atoms with Crippen LogP contribution >= 0.6 is 7.26 Å². The van der Waals surface area contributed by atoms with Crippen molar-refractivity contribution in [3.63, 3.8) is 0 Å². The Morgan fingerprint density at radius 3 is 1.60 bits per heavy atom. The minimum atomic E-state index is -1.93. The average molecular weight is 731 g/mol. The second kappa shape index (κ2) is 21.1. The zero-order valence-corrected chi connectivity index (χ0v) is 33.5. The van der Waals surface area contributed by atoms with E-state index in [1.807, 2.05) is 0 Å². The summed E-state index contributed by atoms with van der Waals surface area (Å²) in [6.07, 6.45) is 8.12. The van der Waals surface area contributed by atoms with Gasteiger partial charge in [0.25, 0.3) is 0 Å². The Morgan fingerprint density at radius 1 is 0.528 bits per heavy atom. The van der Waals surface area contributed by atoms with Crippen LogP contribution in [0.4, 0.5) is 0 Å². The highest BCUT2D eigenvalue weighted by Crippen LogP contribution is 2.58. The Kier molecular flexibility index (Phi) is 16.0. The van der Waals surface area contributed by atoms with Gasteiger partial charge in [0.15, 0.2) is 0 Å². The van der Waals surface area contributed by atoms with Crippen molar-refractivity contribution in [3.8, 4) is 11.5 Å². The molecule has 0 heterocycles. The molecule has 0 aromatic heterocycles. The Bertz CT molecular complexity index is 1610. The monoisotopic (exact) mass is 730 g/mol. The van der Waals surface area contributed by atoms with Crippen LogP contribution in [0.5, 0.6) is 11.5 Å². The van der Waals surface area contributed by atoms with Crippen molar-refractivity contribution in [2.24, 2.45) is 0 Å². The zero-order valence-electron chi connectivity index (χ0n) is 32.6. The number of ether oxygens (including phenoxy) is 3. The number of likely N-dealkylation sites (N-methyl/N-ethyl adjacent to an activating group) is 1. The largest absolute Gasteiger partial charge is 0.494 e. The summed E-state index contributed by atoms with van der Waals surface area (Å²) in [6.45, 7) is 11.5. The van der Waals surface area contributed by atoms with Gasteiger partial charge in [0.2, 0.25) is 0 Å². The third-order valence-electron chi connectivity index (χ3n) is 10.3. The fourth-order valence-corrected chi connectivity index (χ4v) is 11.3. The van der Waals surface area contributed by atoms with Crippen LogP contribution in [0.3, 0.4) is 0 Å². The van der Waals surface area contributed by atoms with Crippen LogP contribution in [-0.2, 0) is 16.3 Å². The molecule has 0 saturated heterocycles. The number of hydrogen-bond acceptors (Lipinski definition) is 4. The van der Waals surface area contributed by atoms with E-state index in [-0.39, 0.29) is 5.41 Å². The van der Waals surface area contributed by atoms with Crippen molar-refractivity contribution in [2.45, 2.75) is 70.9 Å². The van der Waals surface area contributed by atoms with Crippen LogP contribution in [0.25, 0.3) is 0 Å². The molecule has 0 radical (unpaired) electrons. The molecule has 0 aliphatic carbocycles. The fourth-order valence-electron chi connectivity index (χ4n) is 7.02. The van der Waals surface area contributed by atoms with Gasteiger partial charge in [-0.3, -0.25) is 0 Å². The van der Waals surface area contributed by atoms with E-state index >= 15 is 0 Å². The van der Waals surface area contributed by atoms with Gasteiger partial charge in [0.1, 0.15) is 41.3 Å². The van der Waals surface area contributed by atoms with E-state index in [9.17, 15) is 0 Å². The SMILES string of the molecule is CCCCCC(C)(C)c1ccc(OCCOCCN(C)CCCCOc2ccc(C[P+](c3ccccc3)(c3ccccc3)c3ccccc3)cc2)cc1. The van der Waals surface area contributed by atoms with E-state index in [1.54, 1.807) is 0 Å². The van der Waals surface area contributed by atoms with E-state index in [4.69, 9.17) is 14.2 Å². The Hall–Kier alpha value is -3.95. The summed E-state index contributed by atoms with van der Waals surface area (Å²) in [4.78, 5) is 2.33. The van der Waals surface area contributed by atoms with E-state index in [1.165, 1.54) is 52.7 Å². The van der Waals surface area contributed by atoms with Gasteiger partial charge in [0, 0.05) is 6.54 Å². The maximum Gasteiger partial charge on any atom is 0.119 e. The van der Waals surface area contributed by atoms with Gasteiger partial charge in [-0.05, 0) is 110 Å². The molecule has 0 fully saturated rings. The molecule has 53 heavy (non-hydrogen) atoms. The van der Waals surface area contributed by atoms with Crippen LogP contribution in [0, 0.1) is 0 Å². The van der Waals surface area contributed by atoms with E-state index in [0.717, 1.165) is 43.6 Å². The second-order valence-corrected chi connectivity index (χ2v) is 18.3. The minimum absolute atomic E-state index is 0.202. The first-order valence-electron chi connectivity index (χ1n) is 19.7. The van der Waals surface area contributed by atoms with Crippen LogP contribution in [0.2, 0.25) is 0 Å². The molecular formula is C48H61NO3P+. The summed E-state index contributed by atoms with van der Waals surface area (Å²) >= 11 is 0.